The molecule has 3 nitrogen and oxygen atoms in total. The molecule has 0 aliphatic heterocycles. The van der Waals surface area contributed by atoms with Crippen molar-refractivity contribution in [2.45, 2.75) is 19.2 Å². The van der Waals surface area contributed by atoms with Gasteiger partial charge in [0, 0.05) is 18.6 Å². The first-order valence-corrected chi connectivity index (χ1v) is 8.59. The van der Waals surface area contributed by atoms with Gasteiger partial charge in [-0.2, -0.15) is 0 Å². The van der Waals surface area contributed by atoms with E-state index in [2.05, 4.69) is 0 Å². The predicted molar refractivity (Wildman–Crippen MR) is 86.7 cm³/mol. The number of halogens is 1. The van der Waals surface area contributed by atoms with E-state index in [9.17, 15) is 8.42 Å². The fraction of sp³-hybridized carbons (Fsp3) is 0.250. The highest BCUT2D eigenvalue weighted by Crippen LogP contribution is 2.15. The highest BCUT2D eigenvalue weighted by atomic mass is 35.5. The van der Waals surface area contributed by atoms with Crippen LogP contribution in [0.4, 0.5) is 0 Å². The zero-order valence-corrected chi connectivity index (χ0v) is 13.7. The van der Waals surface area contributed by atoms with E-state index in [1.807, 2.05) is 43.3 Å². The molecule has 2 aromatic rings. The molecule has 0 heterocycles. The number of sulfonamides is 1. The van der Waals surface area contributed by atoms with Crippen LogP contribution in [0.15, 0.2) is 48.5 Å². The number of hydrogen-bond acceptors (Lipinski definition) is 2. The van der Waals surface area contributed by atoms with Gasteiger partial charge in [-0.05, 0) is 30.2 Å². The van der Waals surface area contributed by atoms with E-state index < -0.39 is 10.0 Å². The van der Waals surface area contributed by atoms with E-state index in [-0.39, 0.29) is 5.75 Å². The molecule has 0 bridgehead atoms. The summed E-state index contributed by atoms with van der Waals surface area (Å²) in [5, 5.41) is 0.643. The third kappa shape index (κ3) is 4.56. The zero-order valence-electron chi connectivity index (χ0n) is 12.1. The Hall–Kier alpha value is -1.36. The molecule has 0 amide bonds. The van der Waals surface area contributed by atoms with Crippen molar-refractivity contribution < 1.29 is 8.42 Å². The normalized spacial score (nSPS) is 11.8. The van der Waals surface area contributed by atoms with Crippen LogP contribution in [0.1, 0.15) is 16.7 Å². The maximum atomic E-state index is 12.4. The Bertz CT molecular complexity index is 711. The lowest BCUT2D eigenvalue weighted by atomic mass is 10.2. The second-order valence-corrected chi connectivity index (χ2v) is 7.64. The van der Waals surface area contributed by atoms with E-state index in [4.69, 9.17) is 11.6 Å². The molecule has 0 spiro atoms. The summed E-state index contributed by atoms with van der Waals surface area (Å²) in [6.07, 6.45) is 0. The number of benzene rings is 2. The van der Waals surface area contributed by atoms with Crippen LogP contribution >= 0.6 is 11.6 Å². The van der Waals surface area contributed by atoms with Gasteiger partial charge in [0.2, 0.25) is 10.0 Å². The molecule has 0 atom stereocenters. The van der Waals surface area contributed by atoms with Gasteiger partial charge in [-0.15, -0.1) is 0 Å². The van der Waals surface area contributed by atoms with E-state index in [0.717, 1.165) is 16.7 Å². The molecule has 0 unspecified atom stereocenters. The van der Waals surface area contributed by atoms with Gasteiger partial charge in [0.25, 0.3) is 0 Å². The average molecular weight is 324 g/mol. The maximum absolute atomic E-state index is 12.4. The van der Waals surface area contributed by atoms with Crippen LogP contribution in [-0.4, -0.2) is 19.8 Å². The molecule has 5 heteroatoms. The van der Waals surface area contributed by atoms with Gasteiger partial charge in [0.1, 0.15) is 0 Å². The first kappa shape index (κ1) is 16.0. The Morgan fingerprint density at radius 3 is 2.33 bits per heavy atom. The largest absolute Gasteiger partial charge is 0.218 e. The first-order chi connectivity index (χ1) is 9.87. The summed E-state index contributed by atoms with van der Waals surface area (Å²) < 4.78 is 26.1. The molecular weight excluding hydrogens is 306 g/mol. The van der Waals surface area contributed by atoms with Crippen molar-refractivity contribution in [3.05, 3.63) is 70.2 Å². The van der Waals surface area contributed by atoms with Crippen molar-refractivity contribution >= 4 is 21.6 Å². The fourth-order valence-electron chi connectivity index (χ4n) is 2.07. The Kier molecular flexibility index (Phi) is 5.04. The molecule has 2 aromatic carbocycles. The Balaban J connectivity index is 2.09. The SMILES string of the molecule is Cc1cccc(CS(=O)(=O)N(C)Cc2ccc(Cl)cc2)c1. The fourth-order valence-corrected chi connectivity index (χ4v) is 3.36. The third-order valence-corrected chi connectivity index (χ3v) is 5.25. The Morgan fingerprint density at radius 1 is 1.05 bits per heavy atom. The number of aryl methyl sites for hydroxylation is 1. The Morgan fingerprint density at radius 2 is 1.71 bits per heavy atom. The molecule has 0 aliphatic rings. The molecule has 21 heavy (non-hydrogen) atoms. The number of hydrogen-bond donors (Lipinski definition) is 0. The number of nitrogens with zero attached hydrogens (tertiary/aromatic N) is 1. The van der Waals surface area contributed by atoms with Crippen LogP contribution in [0.2, 0.25) is 5.02 Å². The summed E-state index contributed by atoms with van der Waals surface area (Å²) >= 11 is 5.83. The van der Waals surface area contributed by atoms with Crippen molar-refractivity contribution in [1.29, 1.82) is 0 Å². The van der Waals surface area contributed by atoms with Crippen molar-refractivity contribution in [3.63, 3.8) is 0 Å². The minimum absolute atomic E-state index is 0.0127. The van der Waals surface area contributed by atoms with Gasteiger partial charge in [0.15, 0.2) is 0 Å². The summed E-state index contributed by atoms with van der Waals surface area (Å²) in [5.41, 5.74) is 2.77. The molecule has 0 saturated carbocycles. The standard InChI is InChI=1S/C16H18ClNO2S/c1-13-4-3-5-15(10-13)12-21(19,20)18(2)11-14-6-8-16(17)9-7-14/h3-10H,11-12H2,1-2H3. The first-order valence-electron chi connectivity index (χ1n) is 6.61. The highest BCUT2D eigenvalue weighted by Gasteiger charge is 2.18. The molecule has 0 N–H and O–H groups in total. The molecule has 0 saturated heterocycles. The lowest BCUT2D eigenvalue weighted by molar-refractivity contribution is 0.466. The summed E-state index contributed by atoms with van der Waals surface area (Å²) in [5.74, 6) is 0.0127. The van der Waals surface area contributed by atoms with Gasteiger partial charge in [-0.1, -0.05) is 53.6 Å². The predicted octanol–water partition coefficient (Wildman–Crippen LogP) is 3.61. The van der Waals surface area contributed by atoms with Crippen molar-refractivity contribution in [2.24, 2.45) is 0 Å². The number of rotatable bonds is 5. The van der Waals surface area contributed by atoms with Gasteiger partial charge < -0.3 is 0 Å². The summed E-state index contributed by atoms with van der Waals surface area (Å²) in [6, 6.07) is 14.7. The van der Waals surface area contributed by atoms with E-state index >= 15 is 0 Å². The van der Waals surface area contributed by atoms with Crippen LogP contribution < -0.4 is 0 Å². The minimum atomic E-state index is -3.34. The van der Waals surface area contributed by atoms with Crippen LogP contribution in [0.25, 0.3) is 0 Å². The molecule has 0 aromatic heterocycles. The summed E-state index contributed by atoms with van der Waals surface area (Å²) in [4.78, 5) is 0. The van der Waals surface area contributed by atoms with Crippen molar-refractivity contribution in [2.75, 3.05) is 7.05 Å². The average Bonchev–Trinajstić information content (AvgIpc) is 2.41. The molecule has 0 fully saturated rings. The van der Waals surface area contributed by atoms with E-state index in [1.54, 1.807) is 19.2 Å². The van der Waals surface area contributed by atoms with E-state index in [0.29, 0.717) is 11.6 Å². The third-order valence-electron chi connectivity index (χ3n) is 3.22. The van der Waals surface area contributed by atoms with Crippen LogP contribution in [-0.2, 0) is 22.3 Å². The summed E-state index contributed by atoms with van der Waals surface area (Å²) in [6.45, 7) is 2.29. The molecular formula is C16H18ClNO2S. The van der Waals surface area contributed by atoms with Crippen LogP contribution in [0.5, 0.6) is 0 Å². The maximum Gasteiger partial charge on any atom is 0.218 e. The minimum Gasteiger partial charge on any atom is -0.212 e. The van der Waals surface area contributed by atoms with Gasteiger partial charge in [-0.3, -0.25) is 0 Å². The van der Waals surface area contributed by atoms with Gasteiger partial charge >= 0.3 is 0 Å². The second-order valence-electron chi connectivity index (χ2n) is 5.13. The monoisotopic (exact) mass is 323 g/mol. The summed E-state index contributed by atoms with van der Waals surface area (Å²) in [7, 11) is -1.74. The van der Waals surface area contributed by atoms with Crippen molar-refractivity contribution in [1.82, 2.24) is 4.31 Å². The van der Waals surface area contributed by atoms with Gasteiger partial charge in [0.05, 0.1) is 5.75 Å². The quantitative estimate of drug-likeness (QED) is 0.843. The molecule has 2 rings (SSSR count). The van der Waals surface area contributed by atoms with E-state index in [1.165, 1.54) is 4.31 Å². The molecule has 112 valence electrons. The van der Waals surface area contributed by atoms with Crippen LogP contribution in [0.3, 0.4) is 0 Å². The highest BCUT2D eigenvalue weighted by molar-refractivity contribution is 7.88. The molecule has 0 radical (unpaired) electrons. The lowest BCUT2D eigenvalue weighted by Crippen LogP contribution is -2.27. The van der Waals surface area contributed by atoms with Gasteiger partial charge in [-0.25, -0.2) is 12.7 Å². The van der Waals surface area contributed by atoms with Crippen molar-refractivity contribution in [3.8, 4) is 0 Å². The smallest absolute Gasteiger partial charge is 0.212 e. The second kappa shape index (κ2) is 6.60. The molecule has 0 aliphatic carbocycles. The Labute approximate surface area is 131 Å². The topological polar surface area (TPSA) is 37.4 Å². The lowest BCUT2D eigenvalue weighted by Gasteiger charge is -2.17. The van der Waals surface area contributed by atoms with Crippen LogP contribution in [0, 0.1) is 6.92 Å². The zero-order chi connectivity index (χ0) is 15.5.